The second-order valence-electron chi connectivity index (χ2n) is 5.91. The highest BCUT2D eigenvalue weighted by Crippen LogP contribution is 2.49. The van der Waals surface area contributed by atoms with Crippen LogP contribution in [0.2, 0.25) is 0 Å². The molecule has 5 unspecified atom stereocenters. The number of amides is 1. The summed E-state index contributed by atoms with van der Waals surface area (Å²) in [7, 11) is 0. The van der Waals surface area contributed by atoms with E-state index in [2.05, 4.69) is 17.6 Å². The van der Waals surface area contributed by atoms with Crippen LogP contribution in [0.5, 0.6) is 0 Å². The molecule has 3 fully saturated rings. The van der Waals surface area contributed by atoms with Crippen LogP contribution in [-0.2, 0) is 4.79 Å². The van der Waals surface area contributed by atoms with E-state index < -0.39 is 0 Å². The van der Waals surface area contributed by atoms with Crippen molar-refractivity contribution in [3.63, 3.8) is 0 Å². The van der Waals surface area contributed by atoms with Gasteiger partial charge in [-0.05, 0) is 43.9 Å². The van der Waals surface area contributed by atoms with Crippen molar-refractivity contribution in [1.82, 2.24) is 10.6 Å². The molecule has 2 bridgehead atoms. The van der Waals surface area contributed by atoms with E-state index in [1.54, 1.807) is 0 Å². The lowest BCUT2D eigenvalue weighted by Crippen LogP contribution is -2.48. The average molecular weight is 291 g/mol. The molecule has 2 saturated carbocycles. The van der Waals surface area contributed by atoms with Crippen molar-refractivity contribution in [2.45, 2.75) is 44.7 Å². The Labute approximate surface area is 120 Å². The number of carbonyl (C=O) groups is 1. The summed E-state index contributed by atoms with van der Waals surface area (Å²) in [5, 5.41) is 6.47. The maximum Gasteiger partial charge on any atom is 0.238 e. The summed E-state index contributed by atoms with van der Waals surface area (Å²) in [5.74, 6) is 4.65. The van der Waals surface area contributed by atoms with E-state index in [9.17, 15) is 4.79 Å². The lowest BCUT2D eigenvalue weighted by atomic mass is 9.84. The van der Waals surface area contributed by atoms with E-state index >= 15 is 0 Å². The van der Waals surface area contributed by atoms with Gasteiger partial charge >= 0.3 is 0 Å². The minimum Gasteiger partial charge on any atom is -0.352 e. The molecule has 0 aromatic heterocycles. The van der Waals surface area contributed by atoms with Gasteiger partial charge in [0.25, 0.3) is 0 Å². The van der Waals surface area contributed by atoms with Gasteiger partial charge in [0.1, 0.15) is 0 Å². The van der Waals surface area contributed by atoms with Crippen molar-refractivity contribution in [3.05, 3.63) is 0 Å². The maximum absolute atomic E-state index is 12.0. The van der Waals surface area contributed by atoms with Gasteiger partial charge in [0.2, 0.25) is 5.91 Å². The van der Waals surface area contributed by atoms with Crippen molar-refractivity contribution in [1.29, 1.82) is 0 Å². The molecule has 3 nitrogen and oxygen atoms in total. The number of rotatable bonds is 3. The van der Waals surface area contributed by atoms with E-state index in [4.69, 9.17) is 0 Å². The Morgan fingerprint density at radius 2 is 2.22 bits per heavy atom. The van der Waals surface area contributed by atoms with E-state index in [-0.39, 0.29) is 24.4 Å². The van der Waals surface area contributed by atoms with Crippen LogP contribution in [0, 0.1) is 17.8 Å². The molecule has 0 aromatic carbocycles. The first kappa shape index (κ1) is 14.5. The van der Waals surface area contributed by atoms with Gasteiger partial charge in [-0.15, -0.1) is 24.2 Å². The SMILES string of the molecule is CC(NC(=O)C1CSCN1)C1CC2CCC1C2.Cl. The molecule has 0 aromatic rings. The first-order valence-corrected chi connectivity index (χ1v) is 8.01. The molecular weight excluding hydrogens is 268 g/mol. The van der Waals surface area contributed by atoms with Crippen molar-refractivity contribution in [2.75, 3.05) is 11.6 Å². The topological polar surface area (TPSA) is 41.1 Å². The fourth-order valence-electron chi connectivity index (χ4n) is 3.90. The number of hydrogen-bond donors (Lipinski definition) is 2. The van der Waals surface area contributed by atoms with Gasteiger partial charge in [0, 0.05) is 17.7 Å². The van der Waals surface area contributed by atoms with Gasteiger partial charge in [0.05, 0.1) is 6.04 Å². The molecule has 3 rings (SSSR count). The summed E-state index contributed by atoms with van der Waals surface area (Å²) in [6.07, 6.45) is 5.59. The van der Waals surface area contributed by atoms with Gasteiger partial charge < -0.3 is 5.32 Å². The third-order valence-corrected chi connectivity index (χ3v) is 5.78. The standard InChI is InChI=1S/C13H22N2OS.ClH/c1-8(11-5-9-2-3-10(11)4-9)15-13(16)12-6-17-7-14-12;/h8-12,14H,2-7H2,1H3,(H,15,16);1H. The van der Waals surface area contributed by atoms with Crippen molar-refractivity contribution in [3.8, 4) is 0 Å². The molecule has 5 heteroatoms. The molecule has 5 atom stereocenters. The predicted octanol–water partition coefficient (Wildman–Crippen LogP) is 2.01. The zero-order valence-electron chi connectivity index (χ0n) is 10.9. The summed E-state index contributed by atoms with van der Waals surface area (Å²) >= 11 is 1.81. The molecule has 2 aliphatic carbocycles. The average Bonchev–Trinajstić information content (AvgIpc) is 3.05. The van der Waals surface area contributed by atoms with Crippen LogP contribution in [-0.4, -0.2) is 29.6 Å². The summed E-state index contributed by atoms with van der Waals surface area (Å²) in [6.45, 7) is 2.20. The summed E-state index contributed by atoms with van der Waals surface area (Å²) in [5.41, 5.74) is 0. The molecule has 0 spiro atoms. The Kier molecular flexibility index (Phi) is 4.84. The number of thioether (sulfide) groups is 1. The van der Waals surface area contributed by atoms with E-state index in [0.717, 1.165) is 29.4 Å². The van der Waals surface area contributed by atoms with Crippen molar-refractivity contribution in [2.24, 2.45) is 17.8 Å². The molecule has 1 saturated heterocycles. The molecule has 3 aliphatic rings. The summed E-state index contributed by atoms with van der Waals surface area (Å²) in [4.78, 5) is 12.0. The van der Waals surface area contributed by atoms with Gasteiger partial charge in [-0.2, -0.15) is 0 Å². The Balaban J connectivity index is 0.00000120. The molecule has 1 heterocycles. The van der Waals surface area contributed by atoms with Crippen LogP contribution in [0.1, 0.15) is 32.6 Å². The highest BCUT2D eigenvalue weighted by atomic mass is 35.5. The second kappa shape index (κ2) is 6.02. The fraction of sp³-hybridized carbons (Fsp3) is 0.923. The normalized spacial score (nSPS) is 39.4. The lowest BCUT2D eigenvalue weighted by molar-refractivity contribution is -0.123. The number of nitrogens with one attached hydrogen (secondary N) is 2. The summed E-state index contributed by atoms with van der Waals surface area (Å²) < 4.78 is 0. The van der Waals surface area contributed by atoms with Crippen LogP contribution in [0.25, 0.3) is 0 Å². The molecule has 0 radical (unpaired) electrons. The third-order valence-electron chi connectivity index (χ3n) is 4.84. The Morgan fingerprint density at radius 1 is 1.39 bits per heavy atom. The minimum absolute atomic E-state index is 0. The zero-order valence-corrected chi connectivity index (χ0v) is 12.5. The van der Waals surface area contributed by atoms with E-state index in [1.807, 2.05) is 11.8 Å². The van der Waals surface area contributed by atoms with Crippen molar-refractivity contribution < 1.29 is 4.79 Å². The molecular formula is C13H23ClN2OS. The molecule has 1 amide bonds. The highest BCUT2D eigenvalue weighted by Gasteiger charge is 2.42. The van der Waals surface area contributed by atoms with Gasteiger partial charge in [-0.3, -0.25) is 10.1 Å². The van der Waals surface area contributed by atoms with Gasteiger partial charge in [0.15, 0.2) is 0 Å². The third kappa shape index (κ3) is 2.81. The Bertz CT molecular complexity index is 309. The minimum atomic E-state index is 0. The van der Waals surface area contributed by atoms with Gasteiger partial charge in [-0.25, -0.2) is 0 Å². The predicted molar refractivity (Wildman–Crippen MR) is 78.0 cm³/mol. The number of carbonyl (C=O) groups excluding carboxylic acids is 1. The highest BCUT2D eigenvalue weighted by molar-refractivity contribution is 7.99. The summed E-state index contributed by atoms with van der Waals surface area (Å²) in [6, 6.07) is 0.409. The molecule has 2 N–H and O–H groups in total. The maximum atomic E-state index is 12.0. The molecule has 18 heavy (non-hydrogen) atoms. The van der Waals surface area contributed by atoms with Crippen molar-refractivity contribution >= 4 is 30.1 Å². The first-order chi connectivity index (χ1) is 8.24. The fourth-order valence-corrected chi connectivity index (χ4v) is 4.84. The van der Waals surface area contributed by atoms with Crippen LogP contribution in [0.15, 0.2) is 0 Å². The Hall–Kier alpha value is 0.0700. The van der Waals surface area contributed by atoms with E-state index in [0.29, 0.717) is 6.04 Å². The van der Waals surface area contributed by atoms with Crippen LogP contribution < -0.4 is 10.6 Å². The zero-order chi connectivity index (χ0) is 11.8. The van der Waals surface area contributed by atoms with E-state index in [1.165, 1.54) is 25.7 Å². The number of hydrogen-bond acceptors (Lipinski definition) is 3. The number of fused-ring (bicyclic) bond motifs is 2. The Morgan fingerprint density at radius 3 is 2.78 bits per heavy atom. The van der Waals surface area contributed by atoms with Crippen LogP contribution in [0.4, 0.5) is 0 Å². The smallest absolute Gasteiger partial charge is 0.238 e. The van der Waals surface area contributed by atoms with Crippen LogP contribution in [0.3, 0.4) is 0 Å². The lowest BCUT2D eigenvalue weighted by Gasteiger charge is -2.29. The first-order valence-electron chi connectivity index (χ1n) is 6.85. The van der Waals surface area contributed by atoms with Gasteiger partial charge in [-0.1, -0.05) is 6.42 Å². The molecule has 1 aliphatic heterocycles. The monoisotopic (exact) mass is 290 g/mol. The molecule has 104 valence electrons. The quantitative estimate of drug-likeness (QED) is 0.835. The number of halogens is 1. The van der Waals surface area contributed by atoms with Crippen LogP contribution >= 0.6 is 24.2 Å². The largest absolute Gasteiger partial charge is 0.352 e. The second-order valence-corrected chi connectivity index (χ2v) is 6.94.